The predicted molar refractivity (Wildman–Crippen MR) is 119 cm³/mol. The van der Waals surface area contributed by atoms with E-state index in [9.17, 15) is 0 Å². The zero-order valence-electron chi connectivity index (χ0n) is 17.7. The van der Waals surface area contributed by atoms with Gasteiger partial charge in [-0.05, 0) is 61.9 Å². The fraction of sp³-hybridized carbons (Fsp3) is 0.280. The summed E-state index contributed by atoms with van der Waals surface area (Å²) in [5.74, 6) is 2.41. The topological polar surface area (TPSA) is 56.2 Å². The van der Waals surface area contributed by atoms with Crippen molar-refractivity contribution in [2.45, 2.75) is 32.5 Å². The molecule has 31 heavy (non-hydrogen) atoms. The van der Waals surface area contributed by atoms with E-state index in [1.165, 1.54) is 0 Å². The number of fused-ring (bicyclic) bond motifs is 3. The van der Waals surface area contributed by atoms with E-state index in [1.54, 1.807) is 6.20 Å². The maximum absolute atomic E-state index is 6.46. The van der Waals surface area contributed by atoms with E-state index in [-0.39, 0.29) is 6.04 Å². The Morgan fingerprint density at radius 2 is 1.81 bits per heavy atom. The van der Waals surface area contributed by atoms with Crippen LogP contribution in [0.5, 0.6) is 17.2 Å². The second-order valence-corrected chi connectivity index (χ2v) is 7.44. The molecule has 0 radical (unpaired) electrons. The van der Waals surface area contributed by atoms with Gasteiger partial charge in [-0.1, -0.05) is 18.2 Å². The lowest BCUT2D eigenvalue weighted by atomic mass is 9.96. The maximum atomic E-state index is 6.46. The van der Waals surface area contributed by atoms with E-state index < -0.39 is 6.23 Å². The summed E-state index contributed by atoms with van der Waals surface area (Å²) < 4.78 is 17.9. The van der Waals surface area contributed by atoms with Crippen LogP contribution in [0, 0.1) is 0 Å². The second-order valence-electron chi connectivity index (χ2n) is 7.44. The van der Waals surface area contributed by atoms with E-state index in [1.807, 2.05) is 61.3 Å². The summed E-state index contributed by atoms with van der Waals surface area (Å²) in [5.41, 5.74) is 4.01. The van der Waals surface area contributed by atoms with Crippen molar-refractivity contribution in [2.24, 2.45) is 5.10 Å². The Morgan fingerprint density at radius 3 is 2.55 bits per heavy atom. The van der Waals surface area contributed by atoms with Crippen LogP contribution >= 0.6 is 0 Å². The Bertz CT molecular complexity index is 1080. The van der Waals surface area contributed by atoms with E-state index in [2.05, 4.69) is 23.2 Å². The smallest absolute Gasteiger partial charge is 0.230 e. The minimum Gasteiger partial charge on any atom is -0.494 e. The average molecular weight is 415 g/mol. The number of rotatable bonds is 6. The highest BCUT2D eigenvalue weighted by Crippen LogP contribution is 2.50. The fourth-order valence-corrected chi connectivity index (χ4v) is 4.15. The number of aromatic nitrogens is 1. The maximum Gasteiger partial charge on any atom is 0.230 e. The lowest BCUT2D eigenvalue weighted by Gasteiger charge is -2.38. The number of hydrogen-bond donors (Lipinski definition) is 0. The quantitative estimate of drug-likeness (QED) is 0.559. The average Bonchev–Trinajstić information content (AvgIpc) is 3.26. The van der Waals surface area contributed by atoms with Gasteiger partial charge in [-0.15, -0.1) is 0 Å². The van der Waals surface area contributed by atoms with Crippen molar-refractivity contribution in [3.05, 3.63) is 83.7 Å². The highest BCUT2D eigenvalue weighted by atomic mass is 16.5. The van der Waals surface area contributed by atoms with Gasteiger partial charge in [0.15, 0.2) is 11.5 Å². The summed E-state index contributed by atoms with van der Waals surface area (Å²) >= 11 is 0. The van der Waals surface area contributed by atoms with Gasteiger partial charge >= 0.3 is 0 Å². The normalized spacial score (nSPS) is 19.2. The summed E-state index contributed by atoms with van der Waals surface area (Å²) in [6.45, 7) is 5.20. The Morgan fingerprint density at radius 1 is 0.968 bits per heavy atom. The van der Waals surface area contributed by atoms with Crippen LogP contribution in [-0.2, 0) is 0 Å². The molecule has 3 aromatic rings. The molecule has 0 saturated carbocycles. The Hall–Kier alpha value is -3.54. The third kappa shape index (κ3) is 3.58. The summed E-state index contributed by atoms with van der Waals surface area (Å²) in [7, 11) is 0. The van der Waals surface area contributed by atoms with Gasteiger partial charge in [0.05, 0.1) is 25.0 Å². The molecular weight excluding hydrogens is 390 g/mol. The molecule has 0 saturated heterocycles. The van der Waals surface area contributed by atoms with E-state index >= 15 is 0 Å². The first-order chi connectivity index (χ1) is 15.3. The Labute approximate surface area is 182 Å². The molecular formula is C25H25N3O3. The van der Waals surface area contributed by atoms with Gasteiger partial charge in [-0.2, -0.15) is 5.10 Å². The van der Waals surface area contributed by atoms with Gasteiger partial charge in [0.1, 0.15) is 11.4 Å². The van der Waals surface area contributed by atoms with Crippen LogP contribution in [0.1, 0.15) is 49.4 Å². The van der Waals surface area contributed by atoms with Crippen LogP contribution in [0.25, 0.3) is 0 Å². The van der Waals surface area contributed by atoms with Crippen molar-refractivity contribution in [2.75, 3.05) is 13.2 Å². The van der Waals surface area contributed by atoms with Crippen molar-refractivity contribution >= 4 is 5.71 Å². The molecule has 2 aromatic carbocycles. The molecule has 0 aliphatic carbocycles. The molecule has 0 spiro atoms. The number of nitrogens with zero attached hydrogens (tertiary/aromatic N) is 3. The number of para-hydroxylation sites is 1. The first-order valence-electron chi connectivity index (χ1n) is 10.7. The van der Waals surface area contributed by atoms with Crippen molar-refractivity contribution in [1.29, 1.82) is 0 Å². The lowest BCUT2D eigenvalue weighted by Crippen LogP contribution is -2.34. The summed E-state index contributed by atoms with van der Waals surface area (Å²) in [5, 5.41) is 7.03. The van der Waals surface area contributed by atoms with E-state index in [0.29, 0.717) is 13.2 Å². The molecule has 1 aromatic heterocycles. The second kappa shape index (κ2) is 8.30. The van der Waals surface area contributed by atoms with E-state index in [4.69, 9.17) is 19.3 Å². The van der Waals surface area contributed by atoms with Crippen molar-refractivity contribution in [3.8, 4) is 17.2 Å². The Balaban J connectivity index is 1.55. The molecule has 2 atom stereocenters. The first-order valence-corrected chi connectivity index (χ1v) is 10.7. The molecule has 5 rings (SSSR count). The summed E-state index contributed by atoms with van der Waals surface area (Å²) in [4.78, 5) is 4.55. The highest BCUT2D eigenvalue weighted by molar-refractivity contribution is 6.02. The molecule has 2 aliphatic rings. The van der Waals surface area contributed by atoms with Gasteiger partial charge in [0.25, 0.3) is 0 Å². The summed E-state index contributed by atoms with van der Waals surface area (Å²) in [6.07, 6.45) is 2.15. The van der Waals surface area contributed by atoms with Crippen LogP contribution in [0.3, 0.4) is 0 Å². The molecule has 0 N–H and O–H groups in total. The van der Waals surface area contributed by atoms with Crippen LogP contribution in [0.4, 0.5) is 0 Å². The predicted octanol–water partition coefficient (Wildman–Crippen LogP) is 5.12. The summed E-state index contributed by atoms with van der Waals surface area (Å²) in [6, 6.07) is 20.1. The van der Waals surface area contributed by atoms with E-state index in [0.717, 1.165) is 46.2 Å². The number of pyridine rings is 1. The van der Waals surface area contributed by atoms with Crippen molar-refractivity contribution in [1.82, 2.24) is 9.99 Å². The largest absolute Gasteiger partial charge is 0.494 e. The molecule has 0 unspecified atom stereocenters. The third-order valence-corrected chi connectivity index (χ3v) is 5.52. The van der Waals surface area contributed by atoms with Crippen LogP contribution in [-0.4, -0.2) is 28.9 Å². The van der Waals surface area contributed by atoms with Crippen LogP contribution in [0.2, 0.25) is 0 Å². The minimum atomic E-state index is -0.416. The fourth-order valence-electron chi connectivity index (χ4n) is 4.15. The molecule has 6 nitrogen and oxygen atoms in total. The minimum absolute atomic E-state index is 0.0535. The molecule has 2 aliphatic heterocycles. The number of hydrazone groups is 1. The highest BCUT2D eigenvalue weighted by Gasteiger charge is 2.42. The molecule has 0 amide bonds. The molecule has 158 valence electrons. The molecule has 0 fully saturated rings. The van der Waals surface area contributed by atoms with Crippen LogP contribution < -0.4 is 14.2 Å². The molecule has 0 bridgehead atoms. The van der Waals surface area contributed by atoms with Gasteiger partial charge < -0.3 is 14.2 Å². The molecule has 3 heterocycles. The monoisotopic (exact) mass is 415 g/mol. The lowest BCUT2D eigenvalue weighted by molar-refractivity contribution is -0.0240. The van der Waals surface area contributed by atoms with Gasteiger partial charge in [-0.25, -0.2) is 5.01 Å². The van der Waals surface area contributed by atoms with Gasteiger partial charge in [0.2, 0.25) is 6.23 Å². The zero-order chi connectivity index (χ0) is 21.2. The SMILES string of the molecule is CCOc1ccc(C2=NN3[C@H](C2)c2cccc(OCC)c2O[C@H]3c2ccccn2)cc1. The van der Waals surface area contributed by atoms with Crippen molar-refractivity contribution < 1.29 is 14.2 Å². The van der Waals surface area contributed by atoms with Gasteiger partial charge in [0, 0.05) is 18.2 Å². The zero-order valence-corrected chi connectivity index (χ0v) is 17.7. The van der Waals surface area contributed by atoms with Gasteiger partial charge in [-0.3, -0.25) is 4.98 Å². The Kier molecular flexibility index (Phi) is 5.20. The third-order valence-electron chi connectivity index (χ3n) is 5.52. The van der Waals surface area contributed by atoms with Crippen LogP contribution in [0.15, 0.2) is 72.0 Å². The molecule has 6 heteroatoms. The number of ether oxygens (including phenoxy) is 3. The first kappa shape index (κ1) is 19.4. The van der Waals surface area contributed by atoms with Crippen molar-refractivity contribution in [3.63, 3.8) is 0 Å². The number of hydrogen-bond acceptors (Lipinski definition) is 6. The standard InChI is InChI=1S/C25H25N3O3/c1-3-29-18-13-11-17(12-14-18)21-16-22-19-8-7-10-23(30-4-2)24(19)31-25(28(22)27-21)20-9-5-6-15-26-20/h5-15,22,25H,3-4,16H2,1-2H3/t22-,25+/m1/s1. The number of benzene rings is 2.